The van der Waals surface area contributed by atoms with E-state index in [4.69, 9.17) is 0 Å². The number of rotatable bonds is 2. The van der Waals surface area contributed by atoms with Gasteiger partial charge < -0.3 is 5.32 Å². The Hall–Kier alpha value is -1.46. The minimum atomic E-state index is -0.258. The maximum absolute atomic E-state index is 13.7. The first-order chi connectivity index (χ1) is 8.36. The Morgan fingerprint density at radius 1 is 1.33 bits per heavy atom. The van der Waals surface area contributed by atoms with Crippen molar-refractivity contribution in [2.45, 2.75) is 18.9 Å². The standard InChI is InChI=1S/C12H13FN4.ClH/c13-9-4-1-2-6-11(9)17-8-15-16-12(17)10-5-3-7-14-10;/h1-2,4,6,8,10,14H,3,5,7H2;1H. The molecule has 2 heterocycles. The molecule has 1 aromatic heterocycles. The molecule has 1 N–H and O–H groups in total. The molecule has 1 fully saturated rings. The van der Waals surface area contributed by atoms with E-state index in [0.717, 1.165) is 25.2 Å². The smallest absolute Gasteiger partial charge is 0.154 e. The lowest BCUT2D eigenvalue weighted by atomic mass is 10.2. The van der Waals surface area contributed by atoms with Gasteiger partial charge in [-0.15, -0.1) is 22.6 Å². The van der Waals surface area contributed by atoms with Gasteiger partial charge in [-0.3, -0.25) is 4.57 Å². The Labute approximate surface area is 111 Å². The lowest BCUT2D eigenvalue weighted by Gasteiger charge is -2.12. The SMILES string of the molecule is Cl.Fc1ccccc1-n1cnnc1C1CCCN1. The molecule has 96 valence electrons. The molecule has 1 aliphatic heterocycles. The summed E-state index contributed by atoms with van der Waals surface area (Å²) in [6, 6.07) is 6.84. The van der Waals surface area contributed by atoms with Gasteiger partial charge in [0.05, 0.1) is 11.7 Å². The third kappa shape index (κ3) is 2.23. The van der Waals surface area contributed by atoms with E-state index in [-0.39, 0.29) is 24.3 Å². The van der Waals surface area contributed by atoms with Crippen molar-refractivity contribution in [1.29, 1.82) is 0 Å². The van der Waals surface area contributed by atoms with E-state index in [1.807, 2.05) is 6.07 Å². The zero-order valence-electron chi connectivity index (χ0n) is 9.71. The van der Waals surface area contributed by atoms with Gasteiger partial charge in [-0.25, -0.2) is 4.39 Å². The lowest BCUT2D eigenvalue weighted by molar-refractivity contribution is 0.576. The second-order valence-corrected chi connectivity index (χ2v) is 4.16. The number of benzene rings is 1. The average molecular weight is 269 g/mol. The maximum Gasteiger partial charge on any atom is 0.154 e. The molecule has 3 rings (SSSR count). The fourth-order valence-electron chi connectivity index (χ4n) is 2.22. The van der Waals surface area contributed by atoms with E-state index >= 15 is 0 Å². The van der Waals surface area contributed by atoms with E-state index in [2.05, 4.69) is 15.5 Å². The molecule has 0 bridgehead atoms. The molecule has 4 nitrogen and oxygen atoms in total. The lowest BCUT2D eigenvalue weighted by Crippen LogP contribution is -2.17. The number of halogens is 2. The van der Waals surface area contributed by atoms with Crippen LogP contribution in [0.2, 0.25) is 0 Å². The van der Waals surface area contributed by atoms with Crippen molar-refractivity contribution in [2.75, 3.05) is 6.54 Å². The maximum atomic E-state index is 13.7. The number of hydrogen-bond donors (Lipinski definition) is 1. The molecular weight excluding hydrogens is 255 g/mol. The fraction of sp³-hybridized carbons (Fsp3) is 0.333. The van der Waals surface area contributed by atoms with Crippen LogP contribution in [0.15, 0.2) is 30.6 Å². The van der Waals surface area contributed by atoms with Gasteiger partial charge in [0.1, 0.15) is 12.1 Å². The minimum Gasteiger partial charge on any atom is -0.307 e. The summed E-state index contributed by atoms with van der Waals surface area (Å²) in [5, 5.41) is 11.3. The van der Waals surface area contributed by atoms with Crippen LogP contribution in [0.3, 0.4) is 0 Å². The number of aromatic nitrogens is 3. The Balaban J connectivity index is 0.00000120. The van der Waals surface area contributed by atoms with Crippen LogP contribution in [0, 0.1) is 5.82 Å². The van der Waals surface area contributed by atoms with Gasteiger partial charge in [-0.2, -0.15) is 0 Å². The third-order valence-electron chi connectivity index (χ3n) is 3.06. The largest absolute Gasteiger partial charge is 0.307 e. The first-order valence-electron chi connectivity index (χ1n) is 5.74. The molecule has 6 heteroatoms. The van der Waals surface area contributed by atoms with E-state index in [1.165, 1.54) is 6.07 Å². The average Bonchev–Trinajstić information content (AvgIpc) is 3.00. The van der Waals surface area contributed by atoms with Crippen LogP contribution in [0.4, 0.5) is 4.39 Å². The van der Waals surface area contributed by atoms with Gasteiger partial charge in [-0.05, 0) is 31.5 Å². The highest BCUT2D eigenvalue weighted by Gasteiger charge is 2.22. The molecule has 1 saturated heterocycles. The highest BCUT2D eigenvalue weighted by molar-refractivity contribution is 5.85. The molecule has 0 amide bonds. The van der Waals surface area contributed by atoms with Gasteiger partial charge >= 0.3 is 0 Å². The summed E-state index contributed by atoms with van der Waals surface area (Å²) in [7, 11) is 0. The van der Waals surface area contributed by atoms with Crippen LogP contribution < -0.4 is 5.32 Å². The molecule has 0 radical (unpaired) electrons. The molecule has 0 spiro atoms. The van der Waals surface area contributed by atoms with Crippen molar-refractivity contribution in [1.82, 2.24) is 20.1 Å². The molecular formula is C12H14ClFN4. The van der Waals surface area contributed by atoms with Crippen LogP contribution in [-0.4, -0.2) is 21.3 Å². The number of hydrogen-bond acceptors (Lipinski definition) is 3. The van der Waals surface area contributed by atoms with Crippen molar-refractivity contribution < 1.29 is 4.39 Å². The minimum absolute atomic E-state index is 0. The van der Waals surface area contributed by atoms with Crippen molar-refractivity contribution in [3.63, 3.8) is 0 Å². The van der Waals surface area contributed by atoms with Crippen LogP contribution >= 0.6 is 12.4 Å². The summed E-state index contributed by atoms with van der Waals surface area (Å²) in [4.78, 5) is 0. The van der Waals surface area contributed by atoms with E-state index in [0.29, 0.717) is 5.69 Å². The van der Waals surface area contributed by atoms with Gasteiger partial charge in [0, 0.05) is 0 Å². The molecule has 0 aliphatic carbocycles. The number of nitrogens with zero attached hydrogens (tertiary/aromatic N) is 3. The second kappa shape index (κ2) is 5.46. The second-order valence-electron chi connectivity index (χ2n) is 4.16. The van der Waals surface area contributed by atoms with Crippen LogP contribution in [-0.2, 0) is 0 Å². The zero-order valence-corrected chi connectivity index (χ0v) is 10.5. The van der Waals surface area contributed by atoms with Gasteiger partial charge in [-0.1, -0.05) is 12.1 Å². The van der Waals surface area contributed by atoms with Crippen LogP contribution in [0.25, 0.3) is 5.69 Å². The molecule has 1 aliphatic rings. The normalized spacial score (nSPS) is 18.6. The van der Waals surface area contributed by atoms with Crippen molar-refractivity contribution in [3.05, 3.63) is 42.2 Å². The first-order valence-corrected chi connectivity index (χ1v) is 5.74. The quantitative estimate of drug-likeness (QED) is 0.908. The monoisotopic (exact) mass is 268 g/mol. The number of para-hydroxylation sites is 1. The summed E-state index contributed by atoms with van der Waals surface area (Å²) in [5.74, 6) is 0.527. The van der Waals surface area contributed by atoms with Gasteiger partial charge in [0.15, 0.2) is 5.82 Å². The first kappa shape index (κ1) is 13.0. The van der Waals surface area contributed by atoms with Gasteiger partial charge in [0.2, 0.25) is 0 Å². The molecule has 18 heavy (non-hydrogen) atoms. The summed E-state index contributed by atoms with van der Waals surface area (Å²) in [6.07, 6.45) is 3.70. The van der Waals surface area contributed by atoms with E-state index in [1.54, 1.807) is 23.0 Å². The Morgan fingerprint density at radius 3 is 2.89 bits per heavy atom. The van der Waals surface area contributed by atoms with Crippen molar-refractivity contribution >= 4 is 12.4 Å². The predicted octanol–water partition coefficient (Wildman–Crippen LogP) is 2.25. The summed E-state index contributed by atoms with van der Waals surface area (Å²) in [5.41, 5.74) is 0.501. The predicted molar refractivity (Wildman–Crippen MR) is 68.5 cm³/mol. The third-order valence-corrected chi connectivity index (χ3v) is 3.06. The summed E-state index contributed by atoms with van der Waals surface area (Å²) >= 11 is 0. The summed E-state index contributed by atoms with van der Waals surface area (Å²) in [6.45, 7) is 0.981. The molecule has 1 unspecified atom stereocenters. The van der Waals surface area contributed by atoms with Crippen molar-refractivity contribution in [2.24, 2.45) is 0 Å². The molecule has 1 atom stereocenters. The molecule has 0 saturated carbocycles. The topological polar surface area (TPSA) is 42.7 Å². The highest BCUT2D eigenvalue weighted by Crippen LogP contribution is 2.24. The highest BCUT2D eigenvalue weighted by atomic mass is 35.5. The molecule has 2 aromatic rings. The van der Waals surface area contributed by atoms with Crippen LogP contribution in [0.5, 0.6) is 0 Å². The van der Waals surface area contributed by atoms with E-state index in [9.17, 15) is 4.39 Å². The van der Waals surface area contributed by atoms with Gasteiger partial charge in [0.25, 0.3) is 0 Å². The molecule has 1 aromatic carbocycles. The summed E-state index contributed by atoms with van der Waals surface area (Å²) < 4.78 is 15.4. The van der Waals surface area contributed by atoms with Crippen LogP contribution in [0.1, 0.15) is 24.7 Å². The number of nitrogens with one attached hydrogen (secondary N) is 1. The fourth-order valence-corrected chi connectivity index (χ4v) is 2.22. The Kier molecular flexibility index (Phi) is 3.93. The zero-order chi connectivity index (χ0) is 11.7. The van der Waals surface area contributed by atoms with E-state index < -0.39 is 0 Å². The van der Waals surface area contributed by atoms with Crippen molar-refractivity contribution in [3.8, 4) is 5.69 Å². The Morgan fingerprint density at radius 2 is 2.17 bits per heavy atom. The Bertz CT molecular complexity index is 522.